The van der Waals surface area contributed by atoms with Gasteiger partial charge < -0.3 is 10.1 Å². The second-order valence-corrected chi connectivity index (χ2v) is 5.07. The van der Waals surface area contributed by atoms with Gasteiger partial charge in [0.15, 0.2) is 5.69 Å². The van der Waals surface area contributed by atoms with Crippen LogP contribution in [0.3, 0.4) is 0 Å². The third-order valence-corrected chi connectivity index (χ3v) is 3.72. The van der Waals surface area contributed by atoms with Crippen LogP contribution >= 0.6 is 0 Å². The summed E-state index contributed by atoms with van der Waals surface area (Å²) in [6, 6.07) is 8.63. The summed E-state index contributed by atoms with van der Waals surface area (Å²) in [5.74, 6) is 0.120. The SMILES string of the molecule is COC(=O)c1cncc(NC2CCCc3ccccc32)n1. The molecule has 2 aromatic rings. The highest BCUT2D eigenvalue weighted by Crippen LogP contribution is 2.31. The van der Waals surface area contributed by atoms with Crippen molar-refractivity contribution in [3.05, 3.63) is 53.5 Å². The minimum Gasteiger partial charge on any atom is -0.464 e. The minimum absolute atomic E-state index is 0.206. The Morgan fingerprint density at radius 1 is 1.33 bits per heavy atom. The summed E-state index contributed by atoms with van der Waals surface area (Å²) in [7, 11) is 1.33. The molecule has 1 heterocycles. The van der Waals surface area contributed by atoms with E-state index in [4.69, 9.17) is 0 Å². The van der Waals surface area contributed by atoms with Gasteiger partial charge >= 0.3 is 5.97 Å². The van der Waals surface area contributed by atoms with Crippen LogP contribution < -0.4 is 5.32 Å². The van der Waals surface area contributed by atoms with Crippen LogP contribution in [-0.2, 0) is 11.2 Å². The Morgan fingerprint density at radius 2 is 2.19 bits per heavy atom. The quantitative estimate of drug-likeness (QED) is 0.877. The van der Waals surface area contributed by atoms with Gasteiger partial charge in [0.05, 0.1) is 25.5 Å². The van der Waals surface area contributed by atoms with E-state index in [0.29, 0.717) is 5.82 Å². The van der Waals surface area contributed by atoms with E-state index in [9.17, 15) is 4.79 Å². The van der Waals surface area contributed by atoms with Crippen LogP contribution in [0.5, 0.6) is 0 Å². The summed E-state index contributed by atoms with van der Waals surface area (Å²) in [4.78, 5) is 19.8. The Labute approximate surface area is 123 Å². The number of benzene rings is 1. The largest absolute Gasteiger partial charge is 0.464 e. The fourth-order valence-corrected chi connectivity index (χ4v) is 2.72. The number of aromatic nitrogens is 2. The van der Waals surface area contributed by atoms with E-state index >= 15 is 0 Å². The number of nitrogens with zero attached hydrogens (tertiary/aromatic N) is 2. The first-order valence-electron chi connectivity index (χ1n) is 7.02. The maximum absolute atomic E-state index is 11.5. The molecule has 1 aliphatic rings. The molecule has 1 N–H and O–H groups in total. The van der Waals surface area contributed by atoms with E-state index in [1.165, 1.54) is 24.4 Å². The van der Waals surface area contributed by atoms with Crippen molar-refractivity contribution >= 4 is 11.8 Å². The van der Waals surface area contributed by atoms with Gasteiger partial charge in [-0.15, -0.1) is 0 Å². The minimum atomic E-state index is -0.477. The van der Waals surface area contributed by atoms with Crippen molar-refractivity contribution in [3.8, 4) is 0 Å². The molecule has 21 heavy (non-hydrogen) atoms. The fraction of sp³-hybridized carbons (Fsp3) is 0.312. The summed E-state index contributed by atoms with van der Waals surface area (Å²) in [5.41, 5.74) is 2.89. The predicted molar refractivity (Wildman–Crippen MR) is 79.1 cm³/mol. The molecule has 1 aromatic carbocycles. The van der Waals surface area contributed by atoms with Gasteiger partial charge in [0, 0.05) is 0 Å². The summed E-state index contributed by atoms with van der Waals surface area (Å²) in [5, 5.41) is 3.38. The van der Waals surface area contributed by atoms with Gasteiger partial charge in [0.1, 0.15) is 5.82 Å². The number of rotatable bonds is 3. The van der Waals surface area contributed by atoms with Crippen LogP contribution in [0.2, 0.25) is 0 Å². The molecule has 3 rings (SSSR count). The fourth-order valence-electron chi connectivity index (χ4n) is 2.72. The van der Waals surface area contributed by atoms with Crippen molar-refractivity contribution in [1.29, 1.82) is 0 Å². The highest BCUT2D eigenvalue weighted by atomic mass is 16.5. The predicted octanol–water partition coefficient (Wildman–Crippen LogP) is 2.75. The lowest BCUT2D eigenvalue weighted by Crippen LogP contribution is -2.18. The number of hydrogen-bond acceptors (Lipinski definition) is 5. The molecular formula is C16H17N3O2. The van der Waals surface area contributed by atoms with E-state index in [1.54, 1.807) is 6.20 Å². The van der Waals surface area contributed by atoms with Crippen LogP contribution in [-0.4, -0.2) is 23.0 Å². The number of ether oxygens (including phenoxy) is 1. The Balaban J connectivity index is 1.83. The summed E-state index contributed by atoms with van der Waals surface area (Å²) in [6.45, 7) is 0. The number of hydrogen-bond donors (Lipinski definition) is 1. The second-order valence-electron chi connectivity index (χ2n) is 5.07. The number of aryl methyl sites for hydroxylation is 1. The smallest absolute Gasteiger partial charge is 0.358 e. The Bertz CT molecular complexity index is 657. The van der Waals surface area contributed by atoms with Crippen LogP contribution in [0.25, 0.3) is 0 Å². The molecule has 0 fully saturated rings. The lowest BCUT2D eigenvalue weighted by Gasteiger charge is -2.26. The number of carbonyl (C=O) groups excluding carboxylic acids is 1. The molecule has 1 aromatic heterocycles. The number of esters is 1. The van der Waals surface area contributed by atoms with Crippen molar-refractivity contribution < 1.29 is 9.53 Å². The molecule has 5 heteroatoms. The molecule has 0 amide bonds. The zero-order chi connectivity index (χ0) is 14.7. The van der Waals surface area contributed by atoms with Crippen molar-refractivity contribution in [3.63, 3.8) is 0 Å². The number of carbonyl (C=O) groups is 1. The first kappa shape index (κ1) is 13.5. The van der Waals surface area contributed by atoms with E-state index in [0.717, 1.165) is 19.3 Å². The van der Waals surface area contributed by atoms with E-state index in [-0.39, 0.29) is 11.7 Å². The maximum atomic E-state index is 11.5. The lowest BCUT2D eigenvalue weighted by molar-refractivity contribution is 0.0593. The summed E-state index contributed by atoms with van der Waals surface area (Å²) >= 11 is 0. The molecule has 0 aliphatic heterocycles. The maximum Gasteiger partial charge on any atom is 0.358 e. The molecule has 1 unspecified atom stereocenters. The highest BCUT2D eigenvalue weighted by molar-refractivity contribution is 5.87. The number of methoxy groups -OCH3 is 1. The van der Waals surface area contributed by atoms with Crippen molar-refractivity contribution in [1.82, 2.24) is 9.97 Å². The zero-order valence-electron chi connectivity index (χ0n) is 11.9. The third kappa shape index (κ3) is 2.86. The number of fused-ring (bicyclic) bond motifs is 1. The number of anilines is 1. The molecule has 0 radical (unpaired) electrons. The zero-order valence-corrected chi connectivity index (χ0v) is 11.9. The van der Waals surface area contributed by atoms with Crippen molar-refractivity contribution in [2.24, 2.45) is 0 Å². The second kappa shape index (κ2) is 5.91. The number of nitrogens with one attached hydrogen (secondary N) is 1. The van der Waals surface area contributed by atoms with Crippen molar-refractivity contribution in [2.75, 3.05) is 12.4 Å². The first-order valence-corrected chi connectivity index (χ1v) is 7.02. The van der Waals surface area contributed by atoms with Gasteiger partial charge in [-0.2, -0.15) is 0 Å². The molecule has 1 aliphatic carbocycles. The van der Waals surface area contributed by atoms with E-state index in [2.05, 4.69) is 44.3 Å². The van der Waals surface area contributed by atoms with Gasteiger partial charge in [0.2, 0.25) is 0 Å². The topological polar surface area (TPSA) is 64.1 Å². The summed E-state index contributed by atoms with van der Waals surface area (Å²) < 4.78 is 4.67. The normalized spacial score (nSPS) is 16.9. The van der Waals surface area contributed by atoms with Gasteiger partial charge in [-0.3, -0.25) is 4.98 Å². The average molecular weight is 283 g/mol. The Hall–Kier alpha value is -2.43. The molecule has 0 bridgehead atoms. The average Bonchev–Trinajstić information content (AvgIpc) is 2.55. The van der Waals surface area contributed by atoms with Crippen LogP contribution in [0.1, 0.15) is 40.5 Å². The summed E-state index contributed by atoms with van der Waals surface area (Å²) in [6.07, 6.45) is 6.33. The Kier molecular flexibility index (Phi) is 3.81. The lowest BCUT2D eigenvalue weighted by atomic mass is 9.88. The van der Waals surface area contributed by atoms with Gasteiger partial charge in [-0.25, -0.2) is 9.78 Å². The third-order valence-electron chi connectivity index (χ3n) is 3.72. The van der Waals surface area contributed by atoms with E-state index in [1.807, 2.05) is 0 Å². The molecule has 1 atom stereocenters. The van der Waals surface area contributed by atoms with Crippen LogP contribution in [0, 0.1) is 0 Å². The molecular weight excluding hydrogens is 266 g/mol. The molecule has 0 spiro atoms. The van der Waals surface area contributed by atoms with Gasteiger partial charge in [0.25, 0.3) is 0 Å². The molecule has 5 nitrogen and oxygen atoms in total. The van der Waals surface area contributed by atoms with Crippen molar-refractivity contribution in [2.45, 2.75) is 25.3 Å². The first-order chi connectivity index (χ1) is 10.3. The standard InChI is InChI=1S/C16H17N3O2/c1-21-16(20)14-9-17-10-15(19-14)18-13-8-4-6-11-5-2-3-7-12(11)13/h2-3,5,7,9-10,13H,4,6,8H2,1H3,(H,18,19). The van der Waals surface area contributed by atoms with Crippen LogP contribution in [0.15, 0.2) is 36.7 Å². The molecule has 0 saturated heterocycles. The highest BCUT2D eigenvalue weighted by Gasteiger charge is 2.20. The monoisotopic (exact) mass is 283 g/mol. The van der Waals surface area contributed by atoms with Gasteiger partial charge in [-0.05, 0) is 30.4 Å². The Morgan fingerprint density at radius 3 is 3.05 bits per heavy atom. The van der Waals surface area contributed by atoms with Crippen LogP contribution in [0.4, 0.5) is 5.82 Å². The van der Waals surface area contributed by atoms with Gasteiger partial charge in [-0.1, -0.05) is 24.3 Å². The molecule has 0 saturated carbocycles. The van der Waals surface area contributed by atoms with E-state index < -0.39 is 5.97 Å². The molecule has 108 valence electrons.